The lowest BCUT2D eigenvalue weighted by molar-refractivity contribution is -0.141. The van der Waals surface area contributed by atoms with Crippen molar-refractivity contribution in [2.45, 2.75) is 76.5 Å². The van der Waals surface area contributed by atoms with Gasteiger partial charge in [-0.2, -0.15) is 0 Å². The van der Waals surface area contributed by atoms with E-state index in [1.165, 1.54) is 6.92 Å². The van der Waals surface area contributed by atoms with Gasteiger partial charge in [0.05, 0.1) is 31.6 Å². The minimum atomic E-state index is -1.71. The zero-order valence-corrected chi connectivity index (χ0v) is 33.1. The number of aliphatic carboxylic acids is 1. The maximum Gasteiger partial charge on any atom is 0.326 e. The molecule has 1 heterocycles. The number of nitrogens with two attached hydrogens (primary N) is 1. The highest BCUT2D eigenvalue weighted by Crippen LogP contribution is 2.22. The fourth-order valence-corrected chi connectivity index (χ4v) is 5.80. The molecule has 12 N–H and O–H groups in total. The van der Waals surface area contributed by atoms with E-state index in [4.69, 9.17) is 5.73 Å². The predicted molar refractivity (Wildman–Crippen MR) is 215 cm³/mol. The molecule has 1 aromatic heterocycles. The first-order valence-corrected chi connectivity index (χ1v) is 18.9. The number of carbonyl (C=O) groups is 10. The van der Waals surface area contributed by atoms with Gasteiger partial charge in [-0.25, -0.2) is 4.79 Å². The number of hydrogen-bond acceptors (Lipinski definition) is 10. The Morgan fingerprint density at radius 2 is 1.27 bits per heavy atom. The average Bonchev–Trinajstić information content (AvgIpc) is 3.60. The van der Waals surface area contributed by atoms with Gasteiger partial charge >= 0.3 is 5.97 Å². The summed E-state index contributed by atoms with van der Waals surface area (Å²) in [6, 6.07) is 9.95. The molecule has 3 rings (SSSR count). The van der Waals surface area contributed by atoms with Gasteiger partial charge in [0.1, 0.15) is 24.2 Å². The number of fused-ring (bicyclic) bond motifs is 1. The number of carboxylic acid groups (broad SMARTS) is 1. The van der Waals surface area contributed by atoms with Crippen LogP contribution in [0.3, 0.4) is 0 Å². The van der Waals surface area contributed by atoms with Gasteiger partial charge in [-0.1, -0.05) is 48.5 Å². The number of benzene rings is 2. The van der Waals surface area contributed by atoms with Crippen LogP contribution in [0.1, 0.15) is 51.5 Å². The van der Waals surface area contributed by atoms with Crippen LogP contribution in [0.2, 0.25) is 0 Å². The summed E-state index contributed by atoms with van der Waals surface area (Å²) in [6.45, 7) is 1.31. The van der Waals surface area contributed by atoms with E-state index in [2.05, 4.69) is 47.5 Å². The molecule has 3 unspecified atom stereocenters. The highest BCUT2D eigenvalue weighted by atomic mass is 16.4. The second-order valence-electron chi connectivity index (χ2n) is 13.7. The number of rotatable bonds is 24. The molecular weight excluding hydrogens is 784 g/mol. The summed E-state index contributed by atoms with van der Waals surface area (Å²) in [7, 11) is 0. The van der Waals surface area contributed by atoms with Crippen molar-refractivity contribution < 1.29 is 53.1 Å². The van der Waals surface area contributed by atoms with Gasteiger partial charge in [0.25, 0.3) is 0 Å². The van der Waals surface area contributed by atoms with Gasteiger partial charge in [-0.15, -0.1) is 0 Å². The summed E-state index contributed by atoms with van der Waals surface area (Å²) >= 11 is 0. The summed E-state index contributed by atoms with van der Waals surface area (Å²) in [5.41, 5.74) is 7.29. The van der Waals surface area contributed by atoms with E-state index in [1.807, 2.05) is 12.1 Å². The number of carbonyl (C=O) groups excluding carboxylic acids is 9. The number of H-pyrrole nitrogens is 1. The van der Waals surface area contributed by atoms with Gasteiger partial charge in [0.2, 0.25) is 53.2 Å². The van der Waals surface area contributed by atoms with Crippen molar-refractivity contribution in [3.05, 3.63) is 66.4 Å². The lowest BCUT2D eigenvalue weighted by Gasteiger charge is -2.25. The first-order valence-electron chi connectivity index (χ1n) is 18.9. The third-order valence-corrected chi connectivity index (χ3v) is 8.70. The fraction of sp³-hybridized carbons (Fsp3) is 0.385. The molecule has 3 aromatic rings. The maximum atomic E-state index is 13.7. The largest absolute Gasteiger partial charge is 0.480 e. The Kier molecular flexibility index (Phi) is 18.7. The van der Waals surface area contributed by atoms with E-state index >= 15 is 0 Å². The minimum absolute atomic E-state index is 0.0294. The number of primary amides is 1. The average molecular weight is 835 g/mol. The zero-order chi connectivity index (χ0) is 44.2. The lowest BCUT2D eigenvalue weighted by atomic mass is 10.0. The molecule has 0 radical (unpaired) electrons. The van der Waals surface area contributed by atoms with Crippen LogP contribution in [0, 0.1) is 0 Å². The molecule has 0 bridgehead atoms. The molecule has 0 aliphatic heterocycles. The molecule has 0 fully saturated rings. The molecular formula is C39H50N10O11. The number of para-hydroxylation sites is 1. The number of unbranched alkanes of at least 4 members (excludes halogenated alkanes) is 1. The molecule has 2 aromatic carbocycles. The normalized spacial score (nSPS) is 12.6. The highest BCUT2D eigenvalue weighted by Gasteiger charge is 2.32. The van der Waals surface area contributed by atoms with Crippen LogP contribution >= 0.6 is 0 Å². The van der Waals surface area contributed by atoms with Crippen LogP contribution in [-0.2, 0) is 54.4 Å². The number of nitrogens with one attached hydrogen (secondary N) is 9. The Bertz CT molecular complexity index is 2040. The number of aromatic nitrogens is 1. The molecule has 4 atom stereocenters. The van der Waals surface area contributed by atoms with Gasteiger partial charge in [-0.3, -0.25) is 43.2 Å². The van der Waals surface area contributed by atoms with Crippen molar-refractivity contribution in [3.8, 4) is 0 Å². The monoisotopic (exact) mass is 834 g/mol. The van der Waals surface area contributed by atoms with E-state index in [1.54, 1.807) is 48.7 Å². The first kappa shape index (κ1) is 47.1. The van der Waals surface area contributed by atoms with E-state index in [-0.39, 0.29) is 25.8 Å². The summed E-state index contributed by atoms with van der Waals surface area (Å²) < 4.78 is 0. The van der Waals surface area contributed by atoms with Crippen molar-refractivity contribution in [1.29, 1.82) is 0 Å². The van der Waals surface area contributed by atoms with Crippen LogP contribution in [0.15, 0.2) is 60.8 Å². The molecule has 60 heavy (non-hydrogen) atoms. The van der Waals surface area contributed by atoms with Crippen molar-refractivity contribution >= 4 is 75.7 Å². The summed E-state index contributed by atoms with van der Waals surface area (Å²) in [6.07, 6.45) is 0.735. The lowest BCUT2D eigenvalue weighted by Crippen LogP contribution is -2.59. The van der Waals surface area contributed by atoms with Gasteiger partial charge in [0.15, 0.2) is 0 Å². The standard InChI is InChI=1S/C39H50N10O11/c1-22(50)42-20-34(54)46-30(18-33(53)41-15-9-8-14-27(39(59)60)45-23(2)51)38(58)49-29(17-32(40)52)37(57)48-28(16-24-10-4-3-5-11-24)36(56)44-21-35(55)47-31-19-43-26-13-7-6-12-25(26)31/h3-7,10-13,19,27-30,43H,8-9,14-18,20-21H2,1-2H3,(H2,40,52)(H,41,53)(H,42,50)(H,44,56)(H,45,51)(H,46,54)(H,47,55)(H,48,57)(H,49,58)(H,59,60)/t27?,28?,29-,30?/m0/s1. The molecule has 0 aliphatic rings. The number of hydrogen-bond donors (Lipinski definition) is 11. The molecule has 0 saturated carbocycles. The Labute approximate surface area is 344 Å². The number of carboxylic acids is 1. The smallest absolute Gasteiger partial charge is 0.326 e. The second kappa shape index (κ2) is 23.8. The van der Waals surface area contributed by atoms with E-state index < -0.39 is 109 Å². The van der Waals surface area contributed by atoms with Gasteiger partial charge < -0.3 is 58.4 Å². The van der Waals surface area contributed by atoms with Crippen LogP contribution in [0.4, 0.5) is 5.69 Å². The van der Waals surface area contributed by atoms with Gasteiger partial charge in [0, 0.05) is 43.9 Å². The van der Waals surface area contributed by atoms with Gasteiger partial charge in [-0.05, 0) is 30.9 Å². The third kappa shape index (κ3) is 16.6. The Balaban J connectivity index is 1.71. The molecule has 0 spiro atoms. The fourth-order valence-electron chi connectivity index (χ4n) is 5.80. The molecule has 21 nitrogen and oxygen atoms in total. The Morgan fingerprint density at radius 1 is 0.633 bits per heavy atom. The first-order chi connectivity index (χ1) is 28.5. The number of amides is 9. The van der Waals surface area contributed by atoms with Crippen LogP contribution in [0.25, 0.3) is 10.9 Å². The minimum Gasteiger partial charge on any atom is -0.480 e. The quantitative estimate of drug-likeness (QED) is 0.0447. The van der Waals surface area contributed by atoms with Crippen molar-refractivity contribution in [2.75, 3.05) is 25.0 Å². The van der Waals surface area contributed by atoms with Crippen LogP contribution < -0.4 is 48.3 Å². The summed E-state index contributed by atoms with van der Waals surface area (Å²) in [4.78, 5) is 128. The van der Waals surface area contributed by atoms with Crippen molar-refractivity contribution in [2.24, 2.45) is 5.73 Å². The van der Waals surface area contributed by atoms with E-state index in [9.17, 15) is 53.1 Å². The van der Waals surface area contributed by atoms with Crippen LogP contribution in [0.5, 0.6) is 0 Å². The predicted octanol–water partition coefficient (Wildman–Crippen LogP) is -1.80. The molecule has 0 saturated heterocycles. The molecule has 21 heteroatoms. The number of anilines is 1. The zero-order valence-electron chi connectivity index (χ0n) is 33.1. The molecule has 9 amide bonds. The maximum absolute atomic E-state index is 13.7. The third-order valence-electron chi connectivity index (χ3n) is 8.70. The highest BCUT2D eigenvalue weighted by molar-refractivity contribution is 6.03. The topological polar surface area (TPSA) is 329 Å². The summed E-state index contributed by atoms with van der Waals surface area (Å²) in [5, 5.41) is 29.4. The molecule has 0 aliphatic carbocycles. The van der Waals surface area contributed by atoms with Crippen molar-refractivity contribution in [1.82, 2.24) is 42.2 Å². The SMILES string of the molecule is CC(=O)NCC(=O)NC(CC(=O)NCCCCC(NC(C)=O)C(=O)O)C(=O)N[C@@H](CC(N)=O)C(=O)NC(Cc1ccccc1)C(=O)NCC(=O)Nc1c[nH]c2ccccc12. The number of aromatic amines is 1. The Hall–Kier alpha value is -7.32. The Morgan fingerprint density at radius 3 is 1.92 bits per heavy atom. The van der Waals surface area contributed by atoms with Crippen LogP contribution in [-0.4, -0.2) is 113 Å². The molecule has 322 valence electrons. The summed E-state index contributed by atoms with van der Waals surface area (Å²) in [5.74, 6) is -8.42. The van der Waals surface area contributed by atoms with E-state index in [0.717, 1.165) is 17.8 Å². The van der Waals surface area contributed by atoms with Crippen molar-refractivity contribution in [3.63, 3.8) is 0 Å². The second-order valence-corrected chi connectivity index (χ2v) is 13.7. The van der Waals surface area contributed by atoms with E-state index in [0.29, 0.717) is 17.7 Å².